The van der Waals surface area contributed by atoms with E-state index in [1.807, 2.05) is 48.4 Å². The van der Waals surface area contributed by atoms with Gasteiger partial charge in [0, 0.05) is 67.3 Å². The summed E-state index contributed by atoms with van der Waals surface area (Å²) in [6.07, 6.45) is 5.62. The Morgan fingerprint density at radius 1 is 1.07 bits per heavy atom. The van der Waals surface area contributed by atoms with Crippen LogP contribution in [0.1, 0.15) is 49.8 Å². The minimum absolute atomic E-state index is 0.00322. The van der Waals surface area contributed by atoms with Crippen LogP contribution >= 0.6 is 0 Å². The highest BCUT2D eigenvalue weighted by atomic mass is 19.1. The van der Waals surface area contributed by atoms with Crippen molar-refractivity contribution in [1.29, 1.82) is 0 Å². The van der Waals surface area contributed by atoms with Gasteiger partial charge in [0.15, 0.2) is 5.43 Å². The van der Waals surface area contributed by atoms with Gasteiger partial charge in [0.1, 0.15) is 11.6 Å². The van der Waals surface area contributed by atoms with Crippen LogP contribution < -0.4 is 5.43 Å². The molecule has 41 heavy (non-hydrogen) atoms. The average Bonchev–Trinajstić information content (AvgIpc) is 3.45. The first kappa shape index (κ1) is 27.6. The molecular formula is C32H36F2N4O3. The molecular weight excluding hydrogens is 526 g/mol. The van der Waals surface area contributed by atoms with Crippen LogP contribution in [0, 0.1) is 11.6 Å². The quantitative estimate of drug-likeness (QED) is 0.467. The summed E-state index contributed by atoms with van der Waals surface area (Å²) in [5.41, 5.74) is 2.36. The van der Waals surface area contributed by atoms with Gasteiger partial charge in [0.05, 0.1) is 18.8 Å². The number of urea groups is 1. The molecule has 9 heteroatoms. The lowest BCUT2D eigenvalue weighted by Crippen LogP contribution is -2.64. The van der Waals surface area contributed by atoms with Crippen LogP contribution in [0.3, 0.4) is 0 Å². The third kappa shape index (κ3) is 5.53. The maximum atomic E-state index is 14.8. The Hall–Kier alpha value is -3.56. The normalized spacial score (nSPS) is 22.8. The number of rotatable bonds is 4. The molecule has 1 N–H and O–H groups in total. The second kappa shape index (κ2) is 11.4. The van der Waals surface area contributed by atoms with E-state index >= 15 is 0 Å². The van der Waals surface area contributed by atoms with Gasteiger partial charge in [-0.3, -0.25) is 9.69 Å². The number of piperazine rings is 1. The second-order valence-corrected chi connectivity index (χ2v) is 11.6. The lowest BCUT2D eigenvalue weighted by molar-refractivity contribution is -0.0535. The van der Waals surface area contributed by atoms with Gasteiger partial charge in [-0.05, 0) is 43.5 Å². The fourth-order valence-corrected chi connectivity index (χ4v) is 6.77. The number of nitrogens with one attached hydrogen (secondary N) is 1. The number of benzene rings is 2. The molecule has 1 aromatic heterocycles. The SMILES string of the molecule is C[C@H]1CN(C(=O)N2CCN(Cc3c[nH]c(-c4ccccc4)cc3=O)C3(CCCC3)C2)[C@H](c2cc(F)ccc2F)CO1. The first-order chi connectivity index (χ1) is 19.8. The molecule has 3 aliphatic rings. The van der Waals surface area contributed by atoms with Crippen LogP contribution in [0.25, 0.3) is 11.3 Å². The number of halogens is 2. The smallest absolute Gasteiger partial charge is 0.320 e. The number of morpholine rings is 1. The standard InChI is InChI=1S/C32H36F2N4O3/c1-22-18-38(29(20-41-22)26-15-25(33)9-10-27(26)34)31(40)36-13-14-37(32(21-36)11-5-6-12-32)19-24-17-35-28(16-30(24)39)23-7-3-2-4-8-23/h2-4,7-10,15-17,22,29H,5-6,11-14,18-21H2,1H3,(H,35,39)/t22-,29-/m0/s1. The van der Waals surface area contributed by atoms with Crippen LogP contribution in [-0.2, 0) is 11.3 Å². The van der Waals surface area contributed by atoms with Gasteiger partial charge >= 0.3 is 6.03 Å². The van der Waals surface area contributed by atoms with Gasteiger partial charge in [0.25, 0.3) is 0 Å². The fourth-order valence-electron chi connectivity index (χ4n) is 6.77. The Labute approximate surface area is 238 Å². The van der Waals surface area contributed by atoms with E-state index in [-0.39, 0.29) is 35.3 Å². The Kier molecular flexibility index (Phi) is 7.66. The third-order valence-electron chi connectivity index (χ3n) is 8.97. The van der Waals surface area contributed by atoms with E-state index < -0.39 is 17.7 Å². The zero-order chi connectivity index (χ0) is 28.6. The minimum Gasteiger partial charge on any atom is -0.374 e. The van der Waals surface area contributed by atoms with Crippen molar-refractivity contribution in [3.8, 4) is 11.3 Å². The first-order valence-corrected chi connectivity index (χ1v) is 14.5. The molecule has 1 spiro atoms. The number of aromatic amines is 1. The van der Waals surface area contributed by atoms with Gasteiger partial charge in [-0.15, -0.1) is 0 Å². The zero-order valence-corrected chi connectivity index (χ0v) is 23.3. The topological polar surface area (TPSA) is 68.9 Å². The van der Waals surface area contributed by atoms with Crippen molar-refractivity contribution < 1.29 is 18.3 Å². The monoisotopic (exact) mass is 562 g/mol. The number of nitrogens with zero attached hydrogens (tertiary/aromatic N) is 3. The summed E-state index contributed by atoms with van der Waals surface area (Å²) in [7, 11) is 0. The van der Waals surface area contributed by atoms with Crippen LogP contribution in [0.2, 0.25) is 0 Å². The summed E-state index contributed by atoms with van der Waals surface area (Å²) in [4.78, 5) is 36.3. The molecule has 3 aromatic rings. The lowest BCUT2D eigenvalue weighted by Gasteiger charge is -2.51. The Balaban J connectivity index is 1.21. The highest BCUT2D eigenvalue weighted by Gasteiger charge is 2.46. The molecule has 7 nitrogen and oxygen atoms in total. The molecule has 3 fully saturated rings. The van der Waals surface area contributed by atoms with E-state index in [0.717, 1.165) is 55.1 Å². The molecule has 6 rings (SSSR count). The molecule has 1 saturated carbocycles. The van der Waals surface area contributed by atoms with Crippen molar-refractivity contribution in [2.75, 3.05) is 32.8 Å². The van der Waals surface area contributed by atoms with Crippen LogP contribution in [0.5, 0.6) is 0 Å². The number of H-pyrrole nitrogens is 1. The second-order valence-electron chi connectivity index (χ2n) is 11.6. The molecule has 2 amide bonds. The Morgan fingerprint density at radius 3 is 2.61 bits per heavy atom. The van der Waals surface area contributed by atoms with Gasteiger partial charge in [-0.2, -0.15) is 0 Å². The molecule has 2 atom stereocenters. The van der Waals surface area contributed by atoms with Crippen molar-refractivity contribution in [2.24, 2.45) is 0 Å². The van der Waals surface area contributed by atoms with Gasteiger partial charge in [-0.1, -0.05) is 43.2 Å². The molecule has 0 radical (unpaired) electrons. The molecule has 216 valence electrons. The molecule has 0 bridgehead atoms. The van der Waals surface area contributed by atoms with E-state index in [1.165, 1.54) is 0 Å². The number of aromatic nitrogens is 1. The van der Waals surface area contributed by atoms with Gasteiger partial charge in [0.2, 0.25) is 0 Å². The number of ether oxygens (including phenoxy) is 1. The predicted molar refractivity (Wildman–Crippen MR) is 152 cm³/mol. The van der Waals surface area contributed by atoms with Gasteiger partial charge in [-0.25, -0.2) is 13.6 Å². The third-order valence-corrected chi connectivity index (χ3v) is 8.97. The van der Waals surface area contributed by atoms with Crippen molar-refractivity contribution >= 4 is 6.03 Å². The average molecular weight is 563 g/mol. The summed E-state index contributed by atoms with van der Waals surface area (Å²) in [6, 6.07) is 13.9. The highest BCUT2D eigenvalue weighted by molar-refractivity contribution is 5.75. The number of hydrogen-bond acceptors (Lipinski definition) is 4. The van der Waals surface area contributed by atoms with Crippen molar-refractivity contribution in [3.05, 3.63) is 93.8 Å². The van der Waals surface area contributed by atoms with E-state index in [1.54, 1.807) is 11.0 Å². The Bertz CT molecular complexity index is 1460. The van der Waals surface area contributed by atoms with E-state index in [9.17, 15) is 18.4 Å². The molecule has 0 unspecified atom stereocenters. The number of pyridine rings is 1. The molecule has 2 saturated heterocycles. The maximum Gasteiger partial charge on any atom is 0.320 e. The maximum absolute atomic E-state index is 14.8. The van der Waals surface area contributed by atoms with Crippen LogP contribution in [-0.4, -0.2) is 70.1 Å². The first-order valence-electron chi connectivity index (χ1n) is 14.5. The lowest BCUT2D eigenvalue weighted by atomic mass is 9.91. The molecule has 2 aromatic carbocycles. The summed E-state index contributed by atoms with van der Waals surface area (Å²) in [6.45, 7) is 4.47. The fraction of sp³-hybridized carbons (Fsp3) is 0.438. The molecule has 1 aliphatic carbocycles. The largest absolute Gasteiger partial charge is 0.374 e. The number of amides is 2. The van der Waals surface area contributed by atoms with Crippen LogP contribution in [0.4, 0.5) is 13.6 Å². The number of carbonyl (C=O) groups excluding carboxylic acids is 1. The van der Waals surface area contributed by atoms with Crippen LogP contribution in [0.15, 0.2) is 65.6 Å². The van der Waals surface area contributed by atoms with Crippen molar-refractivity contribution in [2.45, 2.75) is 56.8 Å². The number of hydrogen-bond donors (Lipinski definition) is 1. The van der Waals surface area contributed by atoms with Crippen molar-refractivity contribution in [3.63, 3.8) is 0 Å². The van der Waals surface area contributed by atoms with E-state index in [4.69, 9.17) is 4.74 Å². The minimum atomic E-state index is -0.700. The highest BCUT2D eigenvalue weighted by Crippen LogP contribution is 2.40. The number of carbonyl (C=O) groups is 1. The zero-order valence-electron chi connectivity index (χ0n) is 23.3. The van der Waals surface area contributed by atoms with Crippen molar-refractivity contribution in [1.82, 2.24) is 19.7 Å². The predicted octanol–water partition coefficient (Wildman–Crippen LogP) is 5.33. The molecule has 2 aliphatic heterocycles. The Morgan fingerprint density at radius 2 is 1.85 bits per heavy atom. The summed E-state index contributed by atoms with van der Waals surface area (Å²) in [5, 5.41) is 0. The summed E-state index contributed by atoms with van der Waals surface area (Å²) < 4.78 is 34.6. The van der Waals surface area contributed by atoms with Gasteiger partial charge < -0.3 is 19.5 Å². The summed E-state index contributed by atoms with van der Waals surface area (Å²) in [5.74, 6) is -1.09. The molecule has 3 heterocycles. The van der Waals surface area contributed by atoms with E-state index in [0.29, 0.717) is 38.3 Å². The van der Waals surface area contributed by atoms with E-state index in [2.05, 4.69) is 9.88 Å². The summed E-state index contributed by atoms with van der Waals surface area (Å²) >= 11 is 0.